The zero-order valence-corrected chi connectivity index (χ0v) is 9.85. The standard InChI is InChI=1S/C14H15NO2/c1-11-7-9-13(10-8-11)14(16)6-4-5-12(2)15(3)17/h4-5,7-10H,2-3,6H2,1H3/b5-4+. The number of aryl methyl sites for hydroxylation is 1. The van der Waals surface area contributed by atoms with Gasteiger partial charge < -0.3 is 5.21 Å². The zero-order valence-electron chi connectivity index (χ0n) is 9.85. The summed E-state index contributed by atoms with van der Waals surface area (Å²) in [5.74, 6) is 0.00978. The first-order valence-corrected chi connectivity index (χ1v) is 5.24. The zero-order chi connectivity index (χ0) is 12.8. The van der Waals surface area contributed by atoms with Crippen molar-refractivity contribution in [2.45, 2.75) is 13.3 Å². The van der Waals surface area contributed by atoms with Gasteiger partial charge in [0.05, 0.1) is 0 Å². The van der Waals surface area contributed by atoms with Crippen LogP contribution in [0.5, 0.6) is 0 Å². The van der Waals surface area contributed by atoms with E-state index in [2.05, 4.69) is 13.3 Å². The summed E-state index contributed by atoms with van der Waals surface area (Å²) in [7, 11) is 0. The Bertz CT molecular complexity index is 470. The van der Waals surface area contributed by atoms with E-state index in [0.29, 0.717) is 10.3 Å². The second-order valence-corrected chi connectivity index (χ2v) is 3.77. The van der Waals surface area contributed by atoms with Crippen molar-refractivity contribution in [1.82, 2.24) is 0 Å². The topological polar surface area (TPSA) is 43.1 Å². The monoisotopic (exact) mass is 229 g/mol. The van der Waals surface area contributed by atoms with Crippen molar-refractivity contribution in [3.8, 4) is 0 Å². The summed E-state index contributed by atoms with van der Waals surface area (Å²) >= 11 is 0. The van der Waals surface area contributed by atoms with Gasteiger partial charge in [0.25, 0.3) is 0 Å². The molecule has 0 saturated carbocycles. The molecule has 0 atom stereocenters. The van der Waals surface area contributed by atoms with Gasteiger partial charge in [0.2, 0.25) is 5.70 Å². The number of allylic oxidation sites excluding steroid dienone is 2. The van der Waals surface area contributed by atoms with Crippen molar-refractivity contribution in [2.75, 3.05) is 0 Å². The van der Waals surface area contributed by atoms with Crippen LogP contribution >= 0.6 is 0 Å². The highest BCUT2D eigenvalue weighted by Gasteiger charge is 2.03. The highest BCUT2D eigenvalue weighted by Crippen LogP contribution is 2.07. The van der Waals surface area contributed by atoms with Crippen molar-refractivity contribution >= 4 is 12.5 Å². The van der Waals surface area contributed by atoms with Crippen LogP contribution in [0.1, 0.15) is 22.3 Å². The Morgan fingerprint density at radius 3 is 2.53 bits per heavy atom. The number of hydroxylamine groups is 1. The van der Waals surface area contributed by atoms with Crippen LogP contribution in [-0.2, 0) is 0 Å². The number of carbonyl (C=O) groups excluding carboxylic acids is 1. The molecule has 0 heterocycles. The Labute approximate surface area is 101 Å². The summed E-state index contributed by atoms with van der Waals surface area (Å²) in [5.41, 5.74) is 2.01. The van der Waals surface area contributed by atoms with E-state index in [1.807, 2.05) is 19.1 Å². The van der Waals surface area contributed by atoms with Gasteiger partial charge in [0.15, 0.2) is 5.78 Å². The predicted octanol–water partition coefficient (Wildman–Crippen LogP) is 2.85. The van der Waals surface area contributed by atoms with Crippen LogP contribution in [0.2, 0.25) is 0 Å². The van der Waals surface area contributed by atoms with E-state index >= 15 is 0 Å². The first-order chi connectivity index (χ1) is 8.00. The van der Waals surface area contributed by atoms with Gasteiger partial charge in [-0.3, -0.25) is 4.79 Å². The molecule has 0 unspecified atom stereocenters. The highest BCUT2D eigenvalue weighted by atomic mass is 16.5. The molecule has 0 aromatic heterocycles. The van der Waals surface area contributed by atoms with Crippen molar-refractivity contribution in [1.29, 1.82) is 0 Å². The van der Waals surface area contributed by atoms with Gasteiger partial charge in [-0.1, -0.05) is 35.9 Å². The largest absolute Gasteiger partial charge is 0.619 e. The van der Waals surface area contributed by atoms with E-state index < -0.39 is 0 Å². The molecule has 88 valence electrons. The average Bonchev–Trinajstić information content (AvgIpc) is 2.29. The van der Waals surface area contributed by atoms with Crippen molar-refractivity contribution in [2.24, 2.45) is 0 Å². The summed E-state index contributed by atoms with van der Waals surface area (Å²) < 4.78 is 0.410. The number of hydrogen-bond acceptors (Lipinski definition) is 2. The van der Waals surface area contributed by atoms with Crippen LogP contribution in [0, 0.1) is 12.1 Å². The smallest absolute Gasteiger partial charge is 0.208 e. The van der Waals surface area contributed by atoms with Gasteiger partial charge in [-0.2, -0.15) is 4.74 Å². The molecular weight excluding hydrogens is 214 g/mol. The van der Waals surface area contributed by atoms with E-state index in [1.165, 1.54) is 6.08 Å². The molecule has 1 rings (SSSR count). The van der Waals surface area contributed by atoms with Gasteiger partial charge in [0, 0.05) is 18.1 Å². The van der Waals surface area contributed by atoms with Crippen LogP contribution in [0.25, 0.3) is 0 Å². The van der Waals surface area contributed by atoms with Crippen molar-refractivity contribution in [3.63, 3.8) is 0 Å². The third kappa shape index (κ3) is 4.07. The molecule has 0 bridgehead atoms. The number of benzene rings is 1. The first kappa shape index (κ1) is 12.9. The minimum atomic E-state index is 0.00978. The summed E-state index contributed by atoms with van der Waals surface area (Å²) in [6, 6.07) is 7.37. The van der Waals surface area contributed by atoms with Crippen LogP contribution in [0.4, 0.5) is 0 Å². The molecule has 3 nitrogen and oxygen atoms in total. The maximum atomic E-state index is 11.7. The third-order valence-electron chi connectivity index (χ3n) is 2.31. The van der Waals surface area contributed by atoms with E-state index in [0.717, 1.165) is 5.56 Å². The second-order valence-electron chi connectivity index (χ2n) is 3.77. The Hall–Kier alpha value is -2.16. The Balaban J connectivity index is 2.59. The number of hydrogen-bond donors (Lipinski definition) is 0. The van der Waals surface area contributed by atoms with E-state index in [4.69, 9.17) is 0 Å². The molecule has 1 aromatic rings. The quantitative estimate of drug-likeness (QED) is 0.194. The van der Waals surface area contributed by atoms with Crippen LogP contribution < -0.4 is 0 Å². The van der Waals surface area contributed by atoms with Gasteiger partial charge in [0.1, 0.15) is 6.72 Å². The molecule has 0 N–H and O–H groups in total. The molecule has 3 heteroatoms. The molecule has 0 aliphatic carbocycles. The molecular formula is C14H15NO2. The van der Waals surface area contributed by atoms with Crippen LogP contribution in [0.15, 0.2) is 48.7 Å². The molecule has 0 saturated heterocycles. The van der Waals surface area contributed by atoms with Gasteiger partial charge in [-0.25, -0.2) is 0 Å². The number of rotatable bonds is 5. The Morgan fingerprint density at radius 2 is 2.00 bits per heavy atom. The normalized spacial score (nSPS) is 10.4. The number of carbonyl (C=O) groups is 1. The predicted molar refractivity (Wildman–Crippen MR) is 69.2 cm³/mol. The van der Waals surface area contributed by atoms with E-state index in [9.17, 15) is 10.0 Å². The van der Waals surface area contributed by atoms with Crippen molar-refractivity contribution in [3.05, 3.63) is 65.0 Å². The van der Waals surface area contributed by atoms with Gasteiger partial charge >= 0.3 is 0 Å². The fourth-order valence-corrected chi connectivity index (χ4v) is 1.24. The molecule has 0 fully saturated rings. The molecule has 0 amide bonds. The number of ketones is 1. The fraction of sp³-hybridized carbons (Fsp3) is 0.143. The summed E-state index contributed by atoms with van der Waals surface area (Å²) in [6.45, 7) is 8.60. The van der Waals surface area contributed by atoms with E-state index in [-0.39, 0.29) is 17.9 Å². The van der Waals surface area contributed by atoms with Gasteiger partial charge in [-0.05, 0) is 13.5 Å². The molecule has 17 heavy (non-hydrogen) atoms. The maximum absolute atomic E-state index is 11.7. The summed E-state index contributed by atoms with van der Waals surface area (Å²) in [4.78, 5) is 11.7. The lowest BCUT2D eigenvalue weighted by Crippen LogP contribution is -1.98. The number of Topliss-reactive ketones (excluding diaryl/α,β-unsaturated/α-hetero) is 1. The van der Waals surface area contributed by atoms with Crippen LogP contribution in [-0.4, -0.2) is 17.2 Å². The Morgan fingerprint density at radius 1 is 1.41 bits per heavy atom. The Kier molecular flexibility index (Phi) is 4.40. The SMILES string of the molecule is C=C(/C=C/CC(=O)c1ccc(C)cc1)[N+](=C)[O-]. The molecule has 0 aliphatic heterocycles. The minimum absolute atomic E-state index is 0.00978. The molecule has 0 spiro atoms. The molecule has 1 aromatic carbocycles. The maximum Gasteiger partial charge on any atom is 0.208 e. The number of nitrogens with zero attached hydrogens (tertiary/aromatic N) is 1. The van der Waals surface area contributed by atoms with Crippen molar-refractivity contribution < 1.29 is 9.53 Å². The van der Waals surface area contributed by atoms with Crippen LogP contribution in [0.3, 0.4) is 0 Å². The minimum Gasteiger partial charge on any atom is -0.619 e. The summed E-state index contributed by atoms with van der Waals surface area (Å²) in [5, 5.41) is 10.7. The average molecular weight is 229 g/mol. The molecule has 0 aliphatic rings. The lowest BCUT2D eigenvalue weighted by atomic mass is 10.1. The fourth-order valence-electron chi connectivity index (χ4n) is 1.24. The first-order valence-electron chi connectivity index (χ1n) is 5.24. The summed E-state index contributed by atoms with van der Waals surface area (Å²) in [6.07, 6.45) is 3.35. The van der Waals surface area contributed by atoms with E-state index in [1.54, 1.807) is 18.2 Å². The lowest BCUT2D eigenvalue weighted by molar-refractivity contribution is -0.384. The highest BCUT2D eigenvalue weighted by molar-refractivity contribution is 5.97. The second kappa shape index (κ2) is 5.80. The molecule has 0 radical (unpaired) electrons. The lowest BCUT2D eigenvalue weighted by Gasteiger charge is -1.99. The third-order valence-corrected chi connectivity index (χ3v) is 2.31. The van der Waals surface area contributed by atoms with Gasteiger partial charge in [-0.15, -0.1) is 0 Å².